The first-order chi connectivity index (χ1) is 33.9. The number of carbonyl (C=O) groups excluding carboxylic acids is 5. The molecule has 1 amide bonds. The lowest BCUT2D eigenvalue weighted by Gasteiger charge is -2.47. The average Bonchev–Trinajstić information content (AvgIpc) is 3.34. The first kappa shape index (κ1) is 59.5. The maximum Gasteiger partial charge on any atom is 0.329 e. The van der Waals surface area contributed by atoms with Crippen molar-refractivity contribution in [2.24, 2.45) is 29.6 Å². The molecule has 1 aromatic carbocycles. The number of methoxy groups -OCH3 is 3. The third kappa shape index (κ3) is 14.5. The monoisotopic (exact) mass is 1020 g/mol. The number of amides is 1. The van der Waals surface area contributed by atoms with Crippen molar-refractivity contribution < 1.29 is 61.9 Å². The zero-order valence-corrected chi connectivity index (χ0v) is 47.0. The van der Waals surface area contributed by atoms with Crippen LogP contribution in [0.3, 0.4) is 0 Å². The van der Waals surface area contributed by atoms with E-state index in [1.165, 1.54) is 4.90 Å². The molecule has 14 unspecified atom stereocenters. The van der Waals surface area contributed by atoms with Crippen LogP contribution >= 0.6 is 0 Å². The van der Waals surface area contributed by atoms with Crippen molar-refractivity contribution >= 4 is 38.0 Å². The Bertz CT molecular complexity index is 2080. The van der Waals surface area contributed by atoms with Crippen molar-refractivity contribution in [2.75, 3.05) is 27.9 Å². The van der Waals surface area contributed by atoms with Gasteiger partial charge in [0.15, 0.2) is 8.32 Å². The van der Waals surface area contributed by atoms with Gasteiger partial charge < -0.3 is 42.9 Å². The zero-order valence-electron chi connectivity index (χ0n) is 46.0. The highest BCUT2D eigenvalue weighted by molar-refractivity contribution is 6.74. The summed E-state index contributed by atoms with van der Waals surface area (Å²) in [7, 11) is 2.23. The molecule has 3 fully saturated rings. The van der Waals surface area contributed by atoms with Gasteiger partial charge in [-0.2, -0.15) is 0 Å². The van der Waals surface area contributed by atoms with Crippen LogP contribution < -0.4 is 0 Å². The molecule has 1 N–H and O–H groups in total. The predicted molar refractivity (Wildman–Crippen MR) is 279 cm³/mol. The van der Waals surface area contributed by atoms with Gasteiger partial charge in [0.2, 0.25) is 5.79 Å². The Hall–Kier alpha value is -3.41. The number of cyclic esters (lactones) is 1. The number of allylic oxidation sites excluding steroid dienone is 3. The molecule has 14 nitrogen and oxygen atoms in total. The first-order valence-electron chi connectivity index (χ1n) is 26.7. The molecule has 0 spiro atoms. The SMILES string of the molecule is CCC1/C=C(\C)CC(C)CC(OC)C2OC(O)(C(=O)C(=O)N3CCCCC3C(=O)OC(C(C)=CC3CCC(OCc4cccc(C=O)c4)C(OC)C3)C(C)C(O[Si](C)(C)C(C)(C)C)CC1=O)C(C)CC2OC. The van der Waals surface area contributed by atoms with Gasteiger partial charge in [-0.15, -0.1) is 0 Å². The minimum absolute atomic E-state index is 0.0217. The number of ether oxygens (including phenoxy) is 6. The lowest BCUT2D eigenvalue weighted by molar-refractivity contribution is -0.302. The van der Waals surface area contributed by atoms with Gasteiger partial charge in [0.25, 0.3) is 11.7 Å². The second-order valence-electron chi connectivity index (χ2n) is 23.1. The normalized spacial score (nSPS) is 35.4. The van der Waals surface area contributed by atoms with E-state index in [-0.39, 0.29) is 66.6 Å². The predicted octanol–water partition coefficient (Wildman–Crippen LogP) is 9.54. The number of benzene rings is 1. The number of esters is 1. The second-order valence-corrected chi connectivity index (χ2v) is 27.9. The smallest absolute Gasteiger partial charge is 0.329 e. The van der Waals surface area contributed by atoms with Crippen LogP contribution in [0.4, 0.5) is 0 Å². The van der Waals surface area contributed by atoms with Crippen LogP contribution in [0.25, 0.3) is 0 Å². The Morgan fingerprint density at radius 1 is 0.903 bits per heavy atom. The third-order valence-electron chi connectivity index (χ3n) is 16.6. The molecule has 72 heavy (non-hydrogen) atoms. The summed E-state index contributed by atoms with van der Waals surface area (Å²) >= 11 is 0. The molecule has 0 radical (unpaired) electrons. The summed E-state index contributed by atoms with van der Waals surface area (Å²) < 4.78 is 44.7. The molecule has 3 aliphatic heterocycles. The van der Waals surface area contributed by atoms with Gasteiger partial charge in [-0.1, -0.05) is 84.4 Å². The standard InChI is InChI=1S/C57H89NO13Si/c1-15-43-26-35(2)25-36(3)27-49(66-11)52-50(67-12)29-38(5)57(64,70-52)53(61)54(62)58-24-17-16-21-44(58)55(63)69-51(39(6)47(32-45(43)60)71-72(13,14)56(7,8)9)37(4)28-40-22-23-46(48(31-40)65-10)68-34-42-20-18-19-41(30-42)33-59/h18-20,26,28,30,33,36,38-40,43-44,46-52,64H,15-17,21-25,27,29,31-32,34H2,1-14H3/b35-26+,37-28?. The molecular formula is C57H89NO13Si. The lowest BCUT2D eigenvalue weighted by Crippen LogP contribution is -2.64. The van der Waals surface area contributed by atoms with Crippen molar-refractivity contribution in [1.29, 1.82) is 0 Å². The van der Waals surface area contributed by atoms with Crippen LogP contribution in [-0.2, 0) is 58.6 Å². The minimum atomic E-state index is -2.56. The molecule has 0 aromatic heterocycles. The summed E-state index contributed by atoms with van der Waals surface area (Å²) in [6, 6.07) is 6.24. The Balaban J connectivity index is 1.57. The van der Waals surface area contributed by atoms with Crippen LogP contribution in [0.2, 0.25) is 18.1 Å². The van der Waals surface area contributed by atoms with E-state index in [0.29, 0.717) is 57.1 Å². The number of fused-ring (bicyclic) bond motifs is 3. The summed E-state index contributed by atoms with van der Waals surface area (Å²) in [5.74, 6) is -6.98. The van der Waals surface area contributed by atoms with Gasteiger partial charge >= 0.3 is 5.97 Å². The molecule has 3 heterocycles. The van der Waals surface area contributed by atoms with E-state index in [2.05, 4.69) is 52.9 Å². The molecule has 1 aromatic rings. The number of carbonyl (C=O) groups is 5. The minimum Gasteiger partial charge on any atom is -0.456 e. The fourth-order valence-corrected chi connectivity index (χ4v) is 12.6. The average molecular weight is 1020 g/mol. The number of hydrogen-bond donors (Lipinski definition) is 1. The largest absolute Gasteiger partial charge is 0.456 e. The van der Waals surface area contributed by atoms with E-state index >= 15 is 0 Å². The van der Waals surface area contributed by atoms with Crippen molar-refractivity contribution in [1.82, 2.24) is 4.90 Å². The Morgan fingerprint density at radius 3 is 2.22 bits per heavy atom. The van der Waals surface area contributed by atoms with Crippen LogP contribution in [0.15, 0.2) is 47.6 Å². The van der Waals surface area contributed by atoms with Crippen LogP contribution in [0.1, 0.15) is 149 Å². The Morgan fingerprint density at radius 2 is 1.58 bits per heavy atom. The van der Waals surface area contributed by atoms with Crippen LogP contribution in [0, 0.1) is 29.6 Å². The number of aldehydes is 1. The fraction of sp³-hybridized carbons (Fsp3) is 0.737. The number of piperidine rings is 1. The van der Waals surface area contributed by atoms with Crippen LogP contribution in [0.5, 0.6) is 0 Å². The molecule has 4 aliphatic rings. The van der Waals surface area contributed by atoms with Gasteiger partial charge in [-0.25, -0.2) is 4.79 Å². The number of Topliss-reactive ketones (excluding diaryl/α,β-unsaturated/α-hetero) is 2. The van der Waals surface area contributed by atoms with Crippen molar-refractivity contribution in [3.05, 3.63) is 58.7 Å². The summed E-state index contributed by atoms with van der Waals surface area (Å²) in [5.41, 5.74) is 3.31. The maximum atomic E-state index is 15.0. The Kier molecular flexibility index (Phi) is 21.4. The van der Waals surface area contributed by atoms with Gasteiger partial charge in [0, 0.05) is 57.6 Å². The van der Waals surface area contributed by atoms with E-state index in [9.17, 15) is 29.1 Å². The number of rotatable bonds is 12. The summed E-state index contributed by atoms with van der Waals surface area (Å²) in [6.45, 7) is 23.0. The topological polar surface area (TPSA) is 173 Å². The first-order valence-corrected chi connectivity index (χ1v) is 29.6. The highest BCUT2D eigenvalue weighted by Gasteiger charge is 2.57. The molecular weight excluding hydrogens is 935 g/mol. The quantitative estimate of drug-likeness (QED) is 0.0690. The molecule has 5 rings (SSSR count). The molecule has 14 atom stereocenters. The van der Waals surface area contributed by atoms with E-state index in [0.717, 1.165) is 29.4 Å². The molecule has 2 bridgehead atoms. The van der Waals surface area contributed by atoms with E-state index < -0.39 is 80.2 Å². The molecule has 404 valence electrons. The summed E-state index contributed by atoms with van der Waals surface area (Å²) in [6.07, 6.45) is 6.62. The second kappa shape index (κ2) is 25.9. The number of hydrogen-bond acceptors (Lipinski definition) is 13. The van der Waals surface area contributed by atoms with Gasteiger partial charge in [0.1, 0.15) is 30.3 Å². The van der Waals surface area contributed by atoms with E-state index in [1.807, 2.05) is 45.9 Å². The fourth-order valence-electron chi connectivity index (χ4n) is 11.2. The summed E-state index contributed by atoms with van der Waals surface area (Å²) in [5, 5.41) is 12.1. The Labute approximate surface area is 431 Å². The molecule has 2 saturated heterocycles. The van der Waals surface area contributed by atoms with Gasteiger partial charge in [-0.3, -0.25) is 19.2 Å². The maximum absolute atomic E-state index is 15.0. The lowest BCUT2D eigenvalue weighted by atomic mass is 9.81. The molecule has 1 saturated carbocycles. The van der Waals surface area contributed by atoms with Crippen molar-refractivity contribution in [3.8, 4) is 0 Å². The summed E-state index contributed by atoms with van der Waals surface area (Å²) in [4.78, 5) is 71.7. The highest BCUT2D eigenvalue weighted by atomic mass is 28.4. The molecule has 15 heteroatoms. The number of nitrogens with zero attached hydrogens (tertiary/aromatic N) is 1. The molecule has 1 aliphatic carbocycles. The number of aliphatic hydroxyl groups is 1. The third-order valence-corrected chi connectivity index (χ3v) is 21.1. The highest BCUT2D eigenvalue weighted by Crippen LogP contribution is 2.42. The zero-order chi connectivity index (χ0) is 53.3. The van der Waals surface area contributed by atoms with Gasteiger partial charge in [0.05, 0.1) is 37.1 Å². The van der Waals surface area contributed by atoms with E-state index in [1.54, 1.807) is 34.3 Å². The van der Waals surface area contributed by atoms with Crippen LogP contribution in [-0.4, -0.2) is 130 Å². The van der Waals surface area contributed by atoms with Crippen molar-refractivity contribution in [3.63, 3.8) is 0 Å². The van der Waals surface area contributed by atoms with Gasteiger partial charge in [-0.05, 0) is 125 Å². The van der Waals surface area contributed by atoms with E-state index in [4.69, 9.17) is 32.8 Å². The number of ketones is 2. The van der Waals surface area contributed by atoms with Crippen molar-refractivity contribution in [2.45, 2.75) is 212 Å².